The first-order chi connectivity index (χ1) is 11.2. The fourth-order valence-corrected chi connectivity index (χ4v) is 5.96. The van der Waals surface area contributed by atoms with Gasteiger partial charge in [-0.15, -0.1) is 0 Å². The van der Waals surface area contributed by atoms with Crippen molar-refractivity contribution >= 4 is 11.4 Å². The van der Waals surface area contributed by atoms with Crippen molar-refractivity contribution in [2.24, 2.45) is 10.4 Å². The molecule has 0 amide bonds. The van der Waals surface area contributed by atoms with Crippen molar-refractivity contribution in [2.75, 3.05) is 6.54 Å². The van der Waals surface area contributed by atoms with E-state index >= 15 is 0 Å². The van der Waals surface area contributed by atoms with E-state index in [4.69, 9.17) is 9.83 Å². The maximum atomic E-state index is 10.5. The number of hydrogen-bond acceptors (Lipinski definition) is 4. The first-order valence-corrected chi connectivity index (χ1v) is 8.99. The number of piperidine rings is 1. The lowest BCUT2D eigenvalue weighted by Crippen LogP contribution is -2.70. The van der Waals surface area contributed by atoms with E-state index in [1.54, 1.807) is 0 Å². The molecule has 1 aromatic carbocycles. The van der Waals surface area contributed by atoms with Gasteiger partial charge in [-0.1, -0.05) is 25.1 Å². The third-order valence-corrected chi connectivity index (χ3v) is 6.86. The number of fused-ring (bicyclic) bond motifs is 1. The third-order valence-electron chi connectivity index (χ3n) is 6.86. The van der Waals surface area contributed by atoms with E-state index in [0.29, 0.717) is 12.5 Å². The van der Waals surface area contributed by atoms with Gasteiger partial charge in [-0.25, -0.2) is 0 Å². The largest absolute Gasteiger partial charge is 0.366 e. The highest BCUT2D eigenvalue weighted by atomic mass is 16.8. The van der Waals surface area contributed by atoms with Crippen LogP contribution in [0.2, 0.25) is 0 Å². The average molecular weight is 312 g/mol. The standard InChI is InChI=1S/C19H24N2O2/c1-2-18-9-5-11-21-17(18)19(12-16(22)23-21)13-6-3-4-7-14(13)20-15(19)8-10-18/h3-4,6-7,16-17,22H,2,5,8-12H2,1H3/t16?,17-,18-,19-/m0/s1. The summed E-state index contributed by atoms with van der Waals surface area (Å²) in [5, 5.41) is 12.6. The molecule has 1 aliphatic carbocycles. The number of aliphatic hydroxyl groups is 1. The van der Waals surface area contributed by atoms with Gasteiger partial charge in [0.1, 0.15) is 0 Å². The van der Waals surface area contributed by atoms with Crippen LogP contribution in [0.15, 0.2) is 29.3 Å². The van der Waals surface area contributed by atoms with Crippen LogP contribution in [0.4, 0.5) is 5.69 Å². The van der Waals surface area contributed by atoms with E-state index in [-0.39, 0.29) is 10.8 Å². The Kier molecular flexibility index (Phi) is 2.86. The minimum Gasteiger partial charge on any atom is -0.366 e. The maximum absolute atomic E-state index is 10.5. The van der Waals surface area contributed by atoms with Crippen LogP contribution in [0.5, 0.6) is 0 Å². The van der Waals surface area contributed by atoms with E-state index < -0.39 is 6.29 Å². The molecule has 4 atom stereocenters. The van der Waals surface area contributed by atoms with E-state index in [1.807, 2.05) is 0 Å². The summed E-state index contributed by atoms with van der Waals surface area (Å²) in [7, 11) is 0. The molecule has 5 rings (SSSR count). The number of benzene rings is 1. The second kappa shape index (κ2) is 4.65. The molecule has 0 aromatic heterocycles. The van der Waals surface area contributed by atoms with Gasteiger partial charge in [-0.2, -0.15) is 5.06 Å². The second-order valence-electron chi connectivity index (χ2n) is 7.67. The second-order valence-corrected chi connectivity index (χ2v) is 7.67. The summed E-state index contributed by atoms with van der Waals surface area (Å²) in [5.74, 6) is 0. The normalized spacial score (nSPS) is 41.7. The molecule has 3 heterocycles. The highest BCUT2D eigenvalue weighted by molar-refractivity contribution is 6.03. The van der Waals surface area contributed by atoms with Gasteiger partial charge in [0.2, 0.25) is 0 Å². The molecule has 4 heteroatoms. The van der Waals surface area contributed by atoms with E-state index in [0.717, 1.165) is 25.1 Å². The maximum Gasteiger partial charge on any atom is 0.176 e. The Morgan fingerprint density at radius 3 is 3.09 bits per heavy atom. The van der Waals surface area contributed by atoms with Crippen molar-refractivity contribution in [1.29, 1.82) is 0 Å². The lowest BCUT2D eigenvalue weighted by molar-refractivity contribution is -0.346. The van der Waals surface area contributed by atoms with Gasteiger partial charge in [0.15, 0.2) is 6.29 Å². The van der Waals surface area contributed by atoms with Gasteiger partial charge in [0.25, 0.3) is 0 Å². The first kappa shape index (κ1) is 14.1. The first-order valence-electron chi connectivity index (χ1n) is 8.99. The van der Waals surface area contributed by atoms with Crippen molar-refractivity contribution in [3.63, 3.8) is 0 Å². The van der Waals surface area contributed by atoms with Crippen molar-refractivity contribution < 1.29 is 9.94 Å². The van der Waals surface area contributed by atoms with Crippen LogP contribution >= 0.6 is 0 Å². The quantitative estimate of drug-likeness (QED) is 0.865. The molecule has 23 heavy (non-hydrogen) atoms. The van der Waals surface area contributed by atoms with Crippen LogP contribution in [0.25, 0.3) is 0 Å². The minimum atomic E-state index is -0.728. The number of aliphatic imine (C=N–C) groups is 1. The molecule has 122 valence electrons. The van der Waals surface area contributed by atoms with E-state index in [9.17, 15) is 5.11 Å². The zero-order chi connectivity index (χ0) is 15.7. The Labute approximate surface area is 137 Å². The number of rotatable bonds is 1. The molecular weight excluding hydrogens is 288 g/mol. The Balaban J connectivity index is 1.76. The summed E-state index contributed by atoms with van der Waals surface area (Å²) in [6, 6.07) is 8.84. The highest BCUT2D eigenvalue weighted by Gasteiger charge is 2.65. The Hall–Kier alpha value is -1.23. The molecule has 2 saturated heterocycles. The number of nitrogens with zero attached hydrogens (tertiary/aromatic N) is 2. The third kappa shape index (κ3) is 1.64. The van der Waals surface area contributed by atoms with Crippen molar-refractivity contribution in [3.05, 3.63) is 29.8 Å². The molecule has 1 saturated carbocycles. The van der Waals surface area contributed by atoms with E-state index in [2.05, 4.69) is 36.3 Å². The van der Waals surface area contributed by atoms with Crippen LogP contribution in [0, 0.1) is 5.41 Å². The monoisotopic (exact) mass is 312 g/mol. The Morgan fingerprint density at radius 2 is 2.22 bits per heavy atom. The zero-order valence-corrected chi connectivity index (χ0v) is 13.7. The summed E-state index contributed by atoms with van der Waals surface area (Å²) in [5.41, 5.74) is 3.83. The summed E-state index contributed by atoms with van der Waals surface area (Å²) >= 11 is 0. The SMILES string of the molecule is CC[C@]12CCCN3OC(O)C[C@]4(C(=Nc5ccccc54)CC1)[C@@H]32. The van der Waals surface area contributed by atoms with Gasteiger partial charge in [0.05, 0.1) is 17.1 Å². The number of para-hydroxylation sites is 1. The molecule has 0 radical (unpaired) electrons. The predicted molar refractivity (Wildman–Crippen MR) is 88.6 cm³/mol. The molecular formula is C19H24N2O2. The lowest BCUT2D eigenvalue weighted by atomic mass is 9.51. The van der Waals surface area contributed by atoms with Gasteiger partial charge < -0.3 is 5.11 Å². The molecule has 3 fully saturated rings. The summed E-state index contributed by atoms with van der Waals surface area (Å²) in [6.07, 6.45) is 5.76. The van der Waals surface area contributed by atoms with Crippen LogP contribution in [-0.4, -0.2) is 34.8 Å². The molecule has 3 aliphatic heterocycles. The van der Waals surface area contributed by atoms with Gasteiger partial charge in [-0.05, 0) is 49.1 Å². The van der Waals surface area contributed by atoms with Gasteiger partial charge in [0, 0.05) is 18.7 Å². The van der Waals surface area contributed by atoms with Crippen LogP contribution in [0.3, 0.4) is 0 Å². The van der Waals surface area contributed by atoms with Crippen molar-refractivity contribution in [3.8, 4) is 0 Å². The Bertz CT molecular complexity index is 688. The molecule has 4 aliphatic rings. The number of hydrogen-bond donors (Lipinski definition) is 1. The molecule has 1 aromatic rings. The fraction of sp³-hybridized carbons (Fsp3) is 0.632. The van der Waals surface area contributed by atoms with Crippen LogP contribution < -0.4 is 0 Å². The van der Waals surface area contributed by atoms with Crippen molar-refractivity contribution in [2.45, 2.75) is 63.2 Å². The molecule has 1 N–H and O–H groups in total. The molecule has 4 nitrogen and oxygen atoms in total. The zero-order valence-electron chi connectivity index (χ0n) is 13.7. The molecule has 1 unspecified atom stereocenters. The Morgan fingerprint density at radius 1 is 1.35 bits per heavy atom. The summed E-state index contributed by atoms with van der Waals surface area (Å²) in [4.78, 5) is 10.9. The fourth-order valence-electron chi connectivity index (χ4n) is 5.96. The number of aliphatic hydroxyl groups excluding tert-OH is 1. The molecule has 1 spiro atoms. The van der Waals surface area contributed by atoms with Gasteiger partial charge >= 0.3 is 0 Å². The summed E-state index contributed by atoms with van der Waals surface area (Å²) in [6.45, 7) is 3.24. The predicted octanol–water partition coefficient (Wildman–Crippen LogP) is 3.32. The minimum absolute atomic E-state index is 0.150. The highest BCUT2D eigenvalue weighted by Crippen LogP contribution is 2.61. The number of hydroxylamine groups is 2. The lowest BCUT2D eigenvalue weighted by Gasteiger charge is -2.62. The van der Waals surface area contributed by atoms with Crippen molar-refractivity contribution in [1.82, 2.24) is 5.06 Å². The van der Waals surface area contributed by atoms with Gasteiger partial charge in [-0.3, -0.25) is 9.83 Å². The van der Waals surface area contributed by atoms with E-state index in [1.165, 1.54) is 30.5 Å². The van der Waals surface area contributed by atoms with Crippen LogP contribution in [-0.2, 0) is 10.3 Å². The summed E-state index contributed by atoms with van der Waals surface area (Å²) < 4.78 is 0. The van der Waals surface area contributed by atoms with Crippen LogP contribution in [0.1, 0.15) is 51.0 Å². The smallest absolute Gasteiger partial charge is 0.176 e. The topological polar surface area (TPSA) is 45.1 Å². The molecule has 0 bridgehead atoms. The average Bonchev–Trinajstić information content (AvgIpc) is 2.88.